The quantitative estimate of drug-likeness (QED) is 0.422. The highest BCUT2D eigenvalue weighted by molar-refractivity contribution is 5.99. The Bertz CT molecular complexity index is 118. The van der Waals surface area contributed by atoms with E-state index in [4.69, 9.17) is 0 Å². The Balaban J connectivity index is 2.45. The van der Waals surface area contributed by atoms with Gasteiger partial charge in [0.05, 0.1) is 0 Å². The Hall–Kier alpha value is -1.10. The Morgan fingerprint density at radius 1 is 1.50 bits per heavy atom. The number of amides is 3. The lowest BCUT2D eigenvalue weighted by atomic mass is 10.6. The monoisotopic (exact) mass is 115 g/mol. The molecule has 0 aromatic carbocycles. The fraction of sp³-hybridized carbons (Fsp3) is 0. The molecule has 1 fully saturated rings. The minimum absolute atomic E-state index is 0.547. The summed E-state index contributed by atoms with van der Waals surface area (Å²) in [5.41, 5.74) is 1.89. The van der Waals surface area contributed by atoms with Crippen LogP contribution >= 0.6 is 0 Å². The SMILES string of the molecule is O=C1[CH]ONC(=O)N1. The number of urea groups is 1. The molecule has 1 radical (unpaired) electrons. The van der Waals surface area contributed by atoms with Crippen molar-refractivity contribution < 1.29 is 14.4 Å². The van der Waals surface area contributed by atoms with Gasteiger partial charge in [-0.1, -0.05) is 0 Å². The zero-order valence-electron chi connectivity index (χ0n) is 3.80. The highest BCUT2D eigenvalue weighted by Gasteiger charge is 2.13. The lowest BCUT2D eigenvalue weighted by Gasteiger charge is -2.09. The van der Waals surface area contributed by atoms with Crippen molar-refractivity contribution in [2.45, 2.75) is 0 Å². The summed E-state index contributed by atoms with van der Waals surface area (Å²) in [5.74, 6) is -0.547. The molecule has 0 bridgehead atoms. The lowest BCUT2D eigenvalue weighted by molar-refractivity contribution is -0.123. The molecule has 0 atom stereocenters. The maximum atomic E-state index is 10.1. The zero-order chi connectivity index (χ0) is 5.98. The van der Waals surface area contributed by atoms with Crippen molar-refractivity contribution in [2.75, 3.05) is 0 Å². The van der Waals surface area contributed by atoms with Gasteiger partial charge in [0.15, 0.2) is 0 Å². The predicted molar refractivity (Wildman–Crippen MR) is 22.1 cm³/mol. The van der Waals surface area contributed by atoms with E-state index >= 15 is 0 Å². The normalized spacial score (nSPS) is 19.5. The first-order valence-electron chi connectivity index (χ1n) is 1.89. The van der Waals surface area contributed by atoms with Crippen molar-refractivity contribution in [1.29, 1.82) is 0 Å². The maximum Gasteiger partial charge on any atom is 0.345 e. The van der Waals surface area contributed by atoms with Gasteiger partial charge in [0.2, 0.25) is 6.61 Å². The van der Waals surface area contributed by atoms with Crippen molar-refractivity contribution in [3.63, 3.8) is 0 Å². The van der Waals surface area contributed by atoms with Crippen LogP contribution in [-0.4, -0.2) is 11.9 Å². The van der Waals surface area contributed by atoms with E-state index in [2.05, 4.69) is 4.84 Å². The molecule has 5 nitrogen and oxygen atoms in total. The Labute approximate surface area is 45.0 Å². The van der Waals surface area contributed by atoms with Gasteiger partial charge in [-0.15, -0.1) is 0 Å². The fourth-order valence-corrected chi connectivity index (χ4v) is 0.303. The third kappa shape index (κ3) is 0.941. The molecular weight excluding hydrogens is 112 g/mol. The number of carbonyl (C=O) groups is 2. The Kier molecular flexibility index (Phi) is 1.13. The van der Waals surface area contributed by atoms with E-state index in [-0.39, 0.29) is 0 Å². The first-order chi connectivity index (χ1) is 3.79. The molecule has 0 unspecified atom stereocenters. The first kappa shape index (κ1) is 5.04. The molecule has 3 amide bonds. The second kappa shape index (κ2) is 1.79. The Morgan fingerprint density at radius 3 is 2.62 bits per heavy atom. The number of hydroxylamine groups is 1. The van der Waals surface area contributed by atoms with Gasteiger partial charge < -0.3 is 0 Å². The van der Waals surface area contributed by atoms with Gasteiger partial charge >= 0.3 is 6.03 Å². The molecule has 8 heavy (non-hydrogen) atoms. The van der Waals surface area contributed by atoms with Crippen molar-refractivity contribution >= 4 is 11.9 Å². The summed E-state index contributed by atoms with van der Waals surface area (Å²) >= 11 is 0. The molecule has 5 heteroatoms. The van der Waals surface area contributed by atoms with Crippen LogP contribution in [0.3, 0.4) is 0 Å². The van der Waals surface area contributed by atoms with Gasteiger partial charge in [-0.2, -0.15) is 0 Å². The Morgan fingerprint density at radius 2 is 2.25 bits per heavy atom. The average molecular weight is 115 g/mol. The molecule has 43 valence electrons. The first-order valence-corrected chi connectivity index (χ1v) is 1.89. The summed E-state index contributed by atoms with van der Waals surface area (Å²) in [6, 6.07) is -0.641. The van der Waals surface area contributed by atoms with Gasteiger partial charge in [-0.05, 0) is 0 Å². The largest absolute Gasteiger partial charge is 0.345 e. The third-order valence-electron chi connectivity index (χ3n) is 0.554. The van der Waals surface area contributed by atoms with Crippen LogP contribution in [0.4, 0.5) is 4.79 Å². The maximum absolute atomic E-state index is 10.1. The minimum Gasteiger partial charge on any atom is -0.274 e. The third-order valence-corrected chi connectivity index (χ3v) is 0.554. The highest BCUT2D eigenvalue weighted by Crippen LogP contribution is 1.83. The number of hydrogen-bond donors (Lipinski definition) is 2. The zero-order valence-corrected chi connectivity index (χ0v) is 3.80. The van der Waals surface area contributed by atoms with Gasteiger partial charge in [-0.3, -0.25) is 14.9 Å². The summed E-state index contributed by atoms with van der Waals surface area (Å²) in [4.78, 5) is 24.4. The van der Waals surface area contributed by atoms with Crippen LogP contribution in [0, 0.1) is 6.61 Å². The fourth-order valence-electron chi connectivity index (χ4n) is 0.303. The van der Waals surface area contributed by atoms with Crippen LogP contribution in [0.5, 0.6) is 0 Å². The van der Waals surface area contributed by atoms with Crippen LogP contribution in [0.1, 0.15) is 0 Å². The highest BCUT2D eigenvalue weighted by atomic mass is 16.7. The van der Waals surface area contributed by atoms with Gasteiger partial charge in [0.25, 0.3) is 5.91 Å². The lowest BCUT2D eigenvalue weighted by Crippen LogP contribution is -2.45. The molecule has 2 N–H and O–H groups in total. The van der Waals surface area contributed by atoms with E-state index in [1.165, 1.54) is 0 Å². The molecular formula is C3H3N2O3. The van der Waals surface area contributed by atoms with E-state index < -0.39 is 11.9 Å². The molecule has 0 aromatic rings. The summed E-state index contributed by atoms with van der Waals surface area (Å²) in [6.45, 7) is 0.862. The van der Waals surface area contributed by atoms with E-state index in [9.17, 15) is 9.59 Å². The molecule has 0 aliphatic carbocycles. The van der Waals surface area contributed by atoms with Crippen molar-refractivity contribution in [2.24, 2.45) is 0 Å². The van der Waals surface area contributed by atoms with Crippen LogP contribution in [-0.2, 0) is 9.63 Å². The van der Waals surface area contributed by atoms with Gasteiger partial charge in [0.1, 0.15) is 0 Å². The van der Waals surface area contributed by atoms with Gasteiger partial charge in [-0.25, -0.2) is 10.3 Å². The molecule has 1 heterocycles. The van der Waals surface area contributed by atoms with Crippen LogP contribution in [0.15, 0.2) is 0 Å². The van der Waals surface area contributed by atoms with E-state index in [1.807, 2.05) is 10.8 Å². The second-order valence-corrected chi connectivity index (χ2v) is 1.16. The smallest absolute Gasteiger partial charge is 0.274 e. The molecule has 1 rings (SSSR count). The van der Waals surface area contributed by atoms with Crippen molar-refractivity contribution in [3.05, 3.63) is 6.61 Å². The predicted octanol–water partition coefficient (Wildman–Crippen LogP) is -1.08. The van der Waals surface area contributed by atoms with Crippen molar-refractivity contribution in [3.8, 4) is 0 Å². The second-order valence-electron chi connectivity index (χ2n) is 1.16. The molecule has 1 aliphatic heterocycles. The van der Waals surface area contributed by atoms with Crippen LogP contribution < -0.4 is 10.8 Å². The summed E-state index contributed by atoms with van der Waals surface area (Å²) in [7, 11) is 0. The number of carbonyl (C=O) groups excluding carboxylic acids is 2. The molecule has 0 aromatic heterocycles. The van der Waals surface area contributed by atoms with Crippen LogP contribution in [0.25, 0.3) is 0 Å². The summed E-state index contributed by atoms with van der Waals surface area (Å²) in [6.07, 6.45) is 0. The van der Waals surface area contributed by atoms with E-state index in [0.717, 1.165) is 6.61 Å². The molecule has 0 spiro atoms. The minimum atomic E-state index is -0.641. The van der Waals surface area contributed by atoms with E-state index in [1.54, 1.807) is 0 Å². The number of imide groups is 1. The average Bonchev–Trinajstić information content (AvgIpc) is 1.64. The van der Waals surface area contributed by atoms with Gasteiger partial charge in [0, 0.05) is 0 Å². The number of nitrogens with one attached hydrogen (secondary N) is 2. The summed E-state index contributed by atoms with van der Waals surface area (Å²) in [5, 5.41) is 1.91. The molecule has 0 saturated carbocycles. The number of hydrogen-bond acceptors (Lipinski definition) is 3. The summed E-state index contributed by atoms with van der Waals surface area (Å²) < 4.78 is 0. The van der Waals surface area contributed by atoms with Crippen LogP contribution in [0.2, 0.25) is 0 Å². The molecule has 1 saturated heterocycles. The molecule has 1 aliphatic rings. The standard InChI is InChI=1S/C3H3N2O3/c6-2-1-8-5-3(7)4-2/h1H,(H2,4,5,6,7). The van der Waals surface area contributed by atoms with Crippen molar-refractivity contribution in [1.82, 2.24) is 10.8 Å². The van der Waals surface area contributed by atoms with E-state index in [0.29, 0.717) is 0 Å². The topological polar surface area (TPSA) is 67.4 Å². The number of rotatable bonds is 0.